The third kappa shape index (κ3) is 4.39. The van der Waals surface area contributed by atoms with Gasteiger partial charge in [0.1, 0.15) is 0 Å². The fraction of sp³-hybridized carbons (Fsp3) is 0.524. The first-order valence-electron chi connectivity index (χ1n) is 9.89. The summed E-state index contributed by atoms with van der Waals surface area (Å²) in [7, 11) is 0. The summed E-state index contributed by atoms with van der Waals surface area (Å²) < 4.78 is 5.40. The quantitative estimate of drug-likeness (QED) is 0.826. The van der Waals surface area contributed by atoms with Crippen LogP contribution in [0.15, 0.2) is 30.3 Å². The minimum absolute atomic E-state index is 0.770. The van der Waals surface area contributed by atoms with E-state index in [9.17, 15) is 0 Å². The number of anilines is 2. The Hall–Kier alpha value is -2.18. The van der Waals surface area contributed by atoms with E-state index in [2.05, 4.69) is 69.1 Å². The molecular formula is C21H29N5O. The smallest absolute Gasteiger partial charge is 0.151 e. The van der Waals surface area contributed by atoms with Crippen molar-refractivity contribution in [3.05, 3.63) is 47.0 Å². The lowest BCUT2D eigenvalue weighted by molar-refractivity contribution is 0.122. The second-order valence-corrected chi connectivity index (χ2v) is 7.54. The van der Waals surface area contributed by atoms with Gasteiger partial charge in [-0.1, -0.05) is 23.8 Å². The maximum absolute atomic E-state index is 5.40. The van der Waals surface area contributed by atoms with Crippen LogP contribution in [0.4, 0.5) is 11.6 Å². The van der Waals surface area contributed by atoms with Gasteiger partial charge in [0.15, 0.2) is 11.6 Å². The molecule has 1 aromatic carbocycles. The van der Waals surface area contributed by atoms with E-state index < -0.39 is 0 Å². The summed E-state index contributed by atoms with van der Waals surface area (Å²) in [6.07, 6.45) is 0. The Morgan fingerprint density at radius 2 is 1.44 bits per heavy atom. The number of benzene rings is 1. The Kier molecular flexibility index (Phi) is 5.55. The molecule has 0 amide bonds. The number of aromatic nitrogens is 2. The molecule has 0 saturated carbocycles. The number of hydrogen-bond donors (Lipinski definition) is 0. The molecule has 0 radical (unpaired) electrons. The van der Waals surface area contributed by atoms with Gasteiger partial charge < -0.3 is 14.5 Å². The Labute approximate surface area is 161 Å². The Morgan fingerprint density at radius 3 is 2.04 bits per heavy atom. The van der Waals surface area contributed by atoms with E-state index in [1.807, 2.05) is 0 Å². The third-order valence-electron chi connectivity index (χ3n) is 5.56. The lowest BCUT2D eigenvalue weighted by atomic mass is 10.1. The predicted molar refractivity (Wildman–Crippen MR) is 108 cm³/mol. The first-order valence-corrected chi connectivity index (χ1v) is 9.89. The van der Waals surface area contributed by atoms with E-state index in [-0.39, 0.29) is 0 Å². The Balaban J connectivity index is 1.32. The van der Waals surface area contributed by atoms with E-state index in [1.165, 1.54) is 16.7 Å². The second-order valence-electron chi connectivity index (χ2n) is 7.54. The van der Waals surface area contributed by atoms with Gasteiger partial charge in [-0.2, -0.15) is 0 Å². The summed E-state index contributed by atoms with van der Waals surface area (Å²) in [6, 6.07) is 11.0. The minimum atomic E-state index is 0.770. The van der Waals surface area contributed by atoms with Crippen molar-refractivity contribution in [1.82, 2.24) is 15.1 Å². The largest absolute Gasteiger partial charge is 0.378 e. The molecule has 0 aliphatic carbocycles. The number of hydrogen-bond acceptors (Lipinski definition) is 6. The van der Waals surface area contributed by atoms with Gasteiger partial charge in [-0.15, -0.1) is 10.2 Å². The van der Waals surface area contributed by atoms with Crippen LogP contribution >= 0.6 is 0 Å². The molecule has 0 bridgehead atoms. The summed E-state index contributed by atoms with van der Waals surface area (Å²) in [4.78, 5) is 7.11. The standard InChI is InChI=1S/C21H29N5O/c1-17-3-4-19(18(2)15-17)16-24-7-9-25(10-8-24)20-5-6-21(23-22-20)26-11-13-27-14-12-26/h3-6,15H,7-14,16H2,1-2H3. The van der Waals surface area contributed by atoms with E-state index in [0.29, 0.717) is 0 Å². The molecule has 2 aliphatic rings. The van der Waals surface area contributed by atoms with E-state index in [1.54, 1.807) is 0 Å². The molecule has 144 valence electrons. The second kappa shape index (κ2) is 8.23. The van der Waals surface area contributed by atoms with Crippen LogP contribution in [0.2, 0.25) is 0 Å². The zero-order chi connectivity index (χ0) is 18.6. The monoisotopic (exact) mass is 367 g/mol. The maximum Gasteiger partial charge on any atom is 0.151 e. The molecule has 6 nitrogen and oxygen atoms in total. The summed E-state index contributed by atoms with van der Waals surface area (Å²) in [5.74, 6) is 1.94. The van der Waals surface area contributed by atoms with Crippen molar-refractivity contribution < 1.29 is 4.74 Å². The molecule has 0 unspecified atom stereocenters. The average Bonchev–Trinajstić information content (AvgIpc) is 2.71. The molecule has 4 rings (SSSR count). The van der Waals surface area contributed by atoms with Crippen LogP contribution in [0.5, 0.6) is 0 Å². The van der Waals surface area contributed by atoms with Crippen molar-refractivity contribution in [2.45, 2.75) is 20.4 Å². The van der Waals surface area contributed by atoms with Gasteiger partial charge in [0.25, 0.3) is 0 Å². The zero-order valence-electron chi connectivity index (χ0n) is 16.4. The van der Waals surface area contributed by atoms with Gasteiger partial charge in [-0.25, -0.2) is 0 Å². The molecule has 3 heterocycles. The van der Waals surface area contributed by atoms with Crippen LogP contribution < -0.4 is 9.80 Å². The molecule has 2 aliphatic heterocycles. The van der Waals surface area contributed by atoms with Crippen LogP contribution in [0.3, 0.4) is 0 Å². The normalized spacial score (nSPS) is 18.7. The molecule has 2 aromatic rings. The minimum Gasteiger partial charge on any atom is -0.378 e. The molecule has 2 saturated heterocycles. The van der Waals surface area contributed by atoms with Crippen molar-refractivity contribution in [2.24, 2.45) is 0 Å². The van der Waals surface area contributed by atoms with Crippen molar-refractivity contribution >= 4 is 11.6 Å². The van der Waals surface area contributed by atoms with Gasteiger partial charge in [0.05, 0.1) is 13.2 Å². The van der Waals surface area contributed by atoms with Gasteiger partial charge in [0.2, 0.25) is 0 Å². The van der Waals surface area contributed by atoms with Crippen molar-refractivity contribution in [3.8, 4) is 0 Å². The number of nitrogens with zero attached hydrogens (tertiary/aromatic N) is 5. The van der Waals surface area contributed by atoms with Crippen LogP contribution in [0.25, 0.3) is 0 Å². The van der Waals surface area contributed by atoms with Gasteiger partial charge >= 0.3 is 0 Å². The molecular weight excluding hydrogens is 338 g/mol. The fourth-order valence-corrected chi connectivity index (χ4v) is 3.85. The van der Waals surface area contributed by atoms with Crippen LogP contribution in [0.1, 0.15) is 16.7 Å². The van der Waals surface area contributed by atoms with Crippen molar-refractivity contribution in [1.29, 1.82) is 0 Å². The predicted octanol–water partition coefficient (Wildman–Crippen LogP) is 2.25. The lowest BCUT2D eigenvalue weighted by Gasteiger charge is -2.35. The number of ether oxygens (including phenoxy) is 1. The van der Waals surface area contributed by atoms with Gasteiger partial charge in [-0.05, 0) is 37.1 Å². The van der Waals surface area contributed by atoms with Gasteiger partial charge in [0, 0.05) is 45.8 Å². The number of rotatable bonds is 4. The van der Waals surface area contributed by atoms with Crippen LogP contribution in [0, 0.1) is 13.8 Å². The summed E-state index contributed by atoms with van der Waals surface area (Å²) in [5.41, 5.74) is 4.16. The maximum atomic E-state index is 5.40. The summed E-state index contributed by atoms with van der Waals surface area (Å²) in [6.45, 7) is 12.8. The highest BCUT2D eigenvalue weighted by Crippen LogP contribution is 2.19. The first kappa shape index (κ1) is 18.2. The molecule has 1 aromatic heterocycles. The average molecular weight is 367 g/mol. The number of aryl methyl sites for hydroxylation is 2. The SMILES string of the molecule is Cc1ccc(CN2CCN(c3ccc(N4CCOCC4)nn3)CC2)c(C)c1. The Bertz CT molecular complexity index is 750. The van der Waals surface area contributed by atoms with Gasteiger partial charge in [-0.3, -0.25) is 4.90 Å². The lowest BCUT2D eigenvalue weighted by Crippen LogP contribution is -2.46. The zero-order valence-corrected chi connectivity index (χ0v) is 16.4. The number of morpholine rings is 1. The molecule has 27 heavy (non-hydrogen) atoms. The highest BCUT2D eigenvalue weighted by atomic mass is 16.5. The highest BCUT2D eigenvalue weighted by molar-refractivity contribution is 5.45. The highest BCUT2D eigenvalue weighted by Gasteiger charge is 2.20. The van der Waals surface area contributed by atoms with Crippen LogP contribution in [-0.4, -0.2) is 67.6 Å². The fourth-order valence-electron chi connectivity index (χ4n) is 3.85. The van der Waals surface area contributed by atoms with Crippen LogP contribution in [-0.2, 0) is 11.3 Å². The Morgan fingerprint density at radius 1 is 0.815 bits per heavy atom. The summed E-state index contributed by atoms with van der Waals surface area (Å²) >= 11 is 0. The van der Waals surface area contributed by atoms with E-state index >= 15 is 0 Å². The molecule has 2 fully saturated rings. The molecule has 6 heteroatoms. The molecule has 0 atom stereocenters. The van der Waals surface area contributed by atoms with Crippen molar-refractivity contribution in [3.63, 3.8) is 0 Å². The molecule has 0 N–H and O–H groups in total. The van der Waals surface area contributed by atoms with Crippen molar-refractivity contribution in [2.75, 3.05) is 62.3 Å². The van der Waals surface area contributed by atoms with E-state index in [4.69, 9.17) is 4.74 Å². The topological polar surface area (TPSA) is 44.7 Å². The first-order chi connectivity index (χ1) is 13.2. The third-order valence-corrected chi connectivity index (χ3v) is 5.56. The van der Waals surface area contributed by atoms with E-state index in [0.717, 1.165) is 70.7 Å². The molecule has 0 spiro atoms. The number of piperazine rings is 1. The summed E-state index contributed by atoms with van der Waals surface area (Å²) in [5, 5.41) is 8.93.